The number of aliphatic hydroxyl groups excluding tert-OH is 1. The molecule has 0 saturated heterocycles. The van der Waals surface area contributed by atoms with Gasteiger partial charge in [-0.2, -0.15) is 0 Å². The molecule has 130 valence electrons. The van der Waals surface area contributed by atoms with E-state index in [9.17, 15) is 9.90 Å². The van der Waals surface area contributed by atoms with Crippen LogP contribution in [0.3, 0.4) is 0 Å². The SMILES string of the molecule is Cc1ccc(-c2ocnc2C(=O)NCC(CCO)CC(C)C)cc1. The van der Waals surface area contributed by atoms with Crippen LogP contribution in [0.25, 0.3) is 11.3 Å². The molecule has 2 rings (SSSR count). The Hall–Kier alpha value is -2.14. The molecule has 5 heteroatoms. The third kappa shape index (κ3) is 4.93. The van der Waals surface area contributed by atoms with E-state index in [0.717, 1.165) is 17.5 Å². The molecule has 5 nitrogen and oxygen atoms in total. The highest BCUT2D eigenvalue weighted by atomic mass is 16.3. The van der Waals surface area contributed by atoms with E-state index < -0.39 is 0 Å². The number of benzene rings is 1. The zero-order valence-electron chi connectivity index (χ0n) is 14.6. The van der Waals surface area contributed by atoms with E-state index in [1.165, 1.54) is 6.39 Å². The van der Waals surface area contributed by atoms with Crippen molar-refractivity contribution in [2.45, 2.75) is 33.6 Å². The van der Waals surface area contributed by atoms with Gasteiger partial charge in [0, 0.05) is 18.7 Å². The summed E-state index contributed by atoms with van der Waals surface area (Å²) in [6, 6.07) is 7.78. The number of aliphatic hydroxyl groups is 1. The summed E-state index contributed by atoms with van der Waals surface area (Å²) < 4.78 is 5.42. The van der Waals surface area contributed by atoms with Crippen LogP contribution in [0.4, 0.5) is 0 Å². The van der Waals surface area contributed by atoms with E-state index in [1.54, 1.807) is 0 Å². The first-order valence-corrected chi connectivity index (χ1v) is 8.40. The second-order valence-electron chi connectivity index (χ2n) is 6.61. The Labute approximate surface area is 143 Å². The molecule has 0 bridgehead atoms. The lowest BCUT2D eigenvalue weighted by Gasteiger charge is -2.18. The molecule has 1 aromatic carbocycles. The number of nitrogens with zero attached hydrogens (tertiary/aromatic N) is 1. The Morgan fingerprint density at radius 2 is 2.00 bits per heavy atom. The Balaban J connectivity index is 2.05. The lowest BCUT2D eigenvalue weighted by atomic mass is 9.94. The molecule has 2 aromatic rings. The molecule has 24 heavy (non-hydrogen) atoms. The van der Waals surface area contributed by atoms with Crippen LogP contribution in [0.15, 0.2) is 35.1 Å². The molecule has 1 aromatic heterocycles. The topological polar surface area (TPSA) is 75.4 Å². The molecule has 1 amide bonds. The average Bonchev–Trinajstić information content (AvgIpc) is 3.02. The number of rotatable bonds is 8. The van der Waals surface area contributed by atoms with E-state index >= 15 is 0 Å². The summed E-state index contributed by atoms with van der Waals surface area (Å²) in [4.78, 5) is 16.5. The van der Waals surface area contributed by atoms with Crippen molar-refractivity contribution in [2.24, 2.45) is 11.8 Å². The lowest BCUT2D eigenvalue weighted by Crippen LogP contribution is -2.31. The molecule has 0 fully saturated rings. The van der Waals surface area contributed by atoms with Crippen LogP contribution < -0.4 is 5.32 Å². The predicted molar refractivity (Wildman–Crippen MR) is 93.7 cm³/mol. The van der Waals surface area contributed by atoms with Crippen molar-refractivity contribution in [3.8, 4) is 11.3 Å². The highest BCUT2D eigenvalue weighted by molar-refractivity contribution is 5.97. The first-order valence-electron chi connectivity index (χ1n) is 8.40. The van der Waals surface area contributed by atoms with Crippen LogP contribution in [-0.4, -0.2) is 29.1 Å². The summed E-state index contributed by atoms with van der Waals surface area (Å²) in [6.07, 6.45) is 2.94. The third-order valence-electron chi connectivity index (χ3n) is 3.99. The average molecular weight is 330 g/mol. The quantitative estimate of drug-likeness (QED) is 0.777. The van der Waals surface area contributed by atoms with Crippen LogP contribution in [0.1, 0.15) is 42.7 Å². The molecule has 0 aliphatic carbocycles. The molecule has 0 spiro atoms. The fourth-order valence-corrected chi connectivity index (χ4v) is 2.79. The van der Waals surface area contributed by atoms with Crippen LogP contribution in [0.2, 0.25) is 0 Å². The lowest BCUT2D eigenvalue weighted by molar-refractivity contribution is 0.0937. The molecular weight excluding hydrogens is 304 g/mol. The van der Waals surface area contributed by atoms with Crippen molar-refractivity contribution in [2.75, 3.05) is 13.2 Å². The van der Waals surface area contributed by atoms with Crippen molar-refractivity contribution in [1.29, 1.82) is 0 Å². The van der Waals surface area contributed by atoms with Gasteiger partial charge in [-0.05, 0) is 31.6 Å². The van der Waals surface area contributed by atoms with Gasteiger partial charge < -0.3 is 14.8 Å². The number of hydrogen-bond donors (Lipinski definition) is 2. The number of carbonyl (C=O) groups excluding carboxylic acids is 1. The zero-order valence-corrected chi connectivity index (χ0v) is 14.6. The summed E-state index contributed by atoms with van der Waals surface area (Å²) in [5.41, 5.74) is 2.27. The molecule has 0 radical (unpaired) electrons. The van der Waals surface area contributed by atoms with Crippen LogP contribution in [0, 0.1) is 18.8 Å². The van der Waals surface area contributed by atoms with Gasteiger partial charge in [-0.3, -0.25) is 4.79 Å². The molecule has 1 atom stereocenters. The molecule has 0 aliphatic heterocycles. The highest BCUT2D eigenvalue weighted by Crippen LogP contribution is 2.23. The molecule has 2 N–H and O–H groups in total. The van der Waals surface area contributed by atoms with Gasteiger partial charge >= 0.3 is 0 Å². The Kier molecular flexibility index (Phi) is 6.55. The first kappa shape index (κ1) is 18.2. The van der Waals surface area contributed by atoms with Crippen LogP contribution in [0.5, 0.6) is 0 Å². The van der Waals surface area contributed by atoms with E-state index in [1.807, 2.05) is 31.2 Å². The summed E-state index contributed by atoms with van der Waals surface area (Å²) in [5, 5.41) is 12.1. The van der Waals surface area contributed by atoms with Crippen molar-refractivity contribution < 1.29 is 14.3 Å². The summed E-state index contributed by atoms with van der Waals surface area (Å²) in [7, 11) is 0. The Bertz CT molecular complexity index is 647. The smallest absolute Gasteiger partial charge is 0.273 e. The monoisotopic (exact) mass is 330 g/mol. The van der Waals surface area contributed by atoms with Crippen molar-refractivity contribution in [3.63, 3.8) is 0 Å². The normalized spacial score (nSPS) is 12.4. The van der Waals surface area contributed by atoms with Crippen molar-refractivity contribution in [3.05, 3.63) is 41.9 Å². The number of oxazole rings is 1. The molecule has 0 aliphatic rings. The number of aryl methyl sites for hydroxylation is 1. The molecule has 0 saturated carbocycles. The molecule has 1 unspecified atom stereocenters. The summed E-state index contributed by atoms with van der Waals surface area (Å²) in [5.74, 6) is 1.02. The summed E-state index contributed by atoms with van der Waals surface area (Å²) in [6.45, 7) is 6.94. The van der Waals surface area contributed by atoms with E-state index in [0.29, 0.717) is 30.3 Å². The second kappa shape index (κ2) is 8.64. The predicted octanol–water partition coefficient (Wildman–Crippen LogP) is 3.42. The first-order chi connectivity index (χ1) is 11.5. The van der Waals surface area contributed by atoms with E-state index in [2.05, 4.69) is 24.1 Å². The van der Waals surface area contributed by atoms with Crippen LogP contribution >= 0.6 is 0 Å². The third-order valence-corrected chi connectivity index (χ3v) is 3.99. The second-order valence-corrected chi connectivity index (χ2v) is 6.61. The molecule has 1 heterocycles. The minimum Gasteiger partial charge on any atom is -0.443 e. The standard InChI is InChI=1S/C19H26N2O3/c1-13(2)10-15(8-9-22)11-20-19(23)17-18(24-12-21-17)16-6-4-14(3)5-7-16/h4-7,12-13,15,22H,8-11H2,1-3H3,(H,20,23). The maximum absolute atomic E-state index is 12.5. The minimum atomic E-state index is -0.244. The van der Waals surface area contributed by atoms with Gasteiger partial charge in [0.05, 0.1) is 0 Å². The van der Waals surface area contributed by atoms with E-state index in [4.69, 9.17) is 4.42 Å². The van der Waals surface area contributed by atoms with Crippen molar-refractivity contribution >= 4 is 5.91 Å². The van der Waals surface area contributed by atoms with Crippen molar-refractivity contribution in [1.82, 2.24) is 10.3 Å². The van der Waals surface area contributed by atoms with Gasteiger partial charge in [-0.25, -0.2) is 4.98 Å². The maximum atomic E-state index is 12.5. The van der Waals surface area contributed by atoms with Gasteiger partial charge in [0.15, 0.2) is 17.8 Å². The number of aromatic nitrogens is 1. The largest absolute Gasteiger partial charge is 0.443 e. The molecular formula is C19H26N2O3. The highest BCUT2D eigenvalue weighted by Gasteiger charge is 2.19. The van der Waals surface area contributed by atoms with Gasteiger partial charge in [0.1, 0.15) is 0 Å². The summed E-state index contributed by atoms with van der Waals surface area (Å²) >= 11 is 0. The van der Waals surface area contributed by atoms with Gasteiger partial charge in [-0.1, -0.05) is 43.7 Å². The zero-order chi connectivity index (χ0) is 17.5. The minimum absolute atomic E-state index is 0.131. The maximum Gasteiger partial charge on any atom is 0.273 e. The fraction of sp³-hybridized carbons (Fsp3) is 0.474. The Morgan fingerprint density at radius 3 is 2.62 bits per heavy atom. The number of amides is 1. The van der Waals surface area contributed by atoms with Gasteiger partial charge in [-0.15, -0.1) is 0 Å². The van der Waals surface area contributed by atoms with Gasteiger partial charge in [0.25, 0.3) is 5.91 Å². The number of hydrogen-bond acceptors (Lipinski definition) is 4. The van der Waals surface area contributed by atoms with E-state index in [-0.39, 0.29) is 18.4 Å². The van der Waals surface area contributed by atoms with Gasteiger partial charge in [0.2, 0.25) is 0 Å². The number of carbonyl (C=O) groups is 1. The van der Waals surface area contributed by atoms with Crippen LogP contribution in [-0.2, 0) is 0 Å². The Morgan fingerprint density at radius 1 is 1.29 bits per heavy atom. The fourth-order valence-electron chi connectivity index (χ4n) is 2.79. The number of nitrogens with one attached hydrogen (secondary N) is 1.